The van der Waals surface area contributed by atoms with Gasteiger partial charge in [-0.15, -0.1) is 0 Å². The van der Waals surface area contributed by atoms with Gasteiger partial charge in [0.15, 0.2) is 5.69 Å². The van der Waals surface area contributed by atoms with Crippen molar-refractivity contribution < 1.29 is 14.6 Å². The number of rotatable bonds is 4. The minimum absolute atomic E-state index is 0.0998. The quantitative estimate of drug-likeness (QED) is 0.778. The number of phenols is 1. The van der Waals surface area contributed by atoms with Crippen molar-refractivity contribution in [1.82, 2.24) is 20.4 Å². The summed E-state index contributed by atoms with van der Waals surface area (Å²) in [5.41, 5.74) is 1.01. The molecule has 0 spiro atoms. The van der Waals surface area contributed by atoms with Gasteiger partial charge in [-0.25, -0.2) is 0 Å². The smallest absolute Gasteiger partial charge is 0.272 e. The van der Waals surface area contributed by atoms with Crippen LogP contribution in [-0.2, 0) is 4.74 Å². The first-order valence-corrected chi connectivity index (χ1v) is 9.41. The number of benzene rings is 1. The first-order chi connectivity index (χ1) is 12.6. The highest BCUT2D eigenvalue weighted by molar-refractivity contribution is 6.06. The highest BCUT2D eigenvalue weighted by Crippen LogP contribution is 2.30. The molecule has 1 aromatic heterocycles. The maximum absolute atomic E-state index is 13.0. The highest BCUT2D eigenvalue weighted by atomic mass is 16.5. The Kier molecular flexibility index (Phi) is 4.58. The summed E-state index contributed by atoms with van der Waals surface area (Å²) >= 11 is 0. The Hall–Kier alpha value is -2.12. The molecule has 1 amide bonds. The number of hydrogen-bond donors (Lipinski definition) is 3. The average Bonchev–Trinajstić information content (AvgIpc) is 3.02. The minimum atomic E-state index is -0.173. The topological polar surface area (TPSA) is 88.4 Å². The highest BCUT2D eigenvalue weighted by Gasteiger charge is 2.33. The number of fused-ring (bicyclic) bond motifs is 3. The zero-order valence-corrected chi connectivity index (χ0v) is 15.2. The van der Waals surface area contributed by atoms with Gasteiger partial charge in [0, 0.05) is 29.6 Å². The number of ether oxygens (including phenoxy) is 1. The maximum Gasteiger partial charge on any atom is 0.272 e. The lowest BCUT2D eigenvalue weighted by Gasteiger charge is -2.40. The van der Waals surface area contributed by atoms with Crippen LogP contribution in [0, 0.1) is 0 Å². The van der Waals surface area contributed by atoms with E-state index in [1.54, 1.807) is 16.8 Å². The van der Waals surface area contributed by atoms with Gasteiger partial charge >= 0.3 is 0 Å². The van der Waals surface area contributed by atoms with E-state index in [1.165, 1.54) is 0 Å². The first-order valence-electron chi connectivity index (χ1n) is 9.41. The van der Waals surface area contributed by atoms with Crippen molar-refractivity contribution in [2.45, 2.75) is 57.3 Å². The summed E-state index contributed by atoms with van der Waals surface area (Å²) in [6.45, 7) is 5.49. The van der Waals surface area contributed by atoms with E-state index in [2.05, 4.69) is 22.7 Å². The molecule has 2 unspecified atom stereocenters. The minimum Gasteiger partial charge on any atom is -0.506 e. The summed E-state index contributed by atoms with van der Waals surface area (Å²) in [5.74, 6) is -0.0172. The van der Waals surface area contributed by atoms with Crippen molar-refractivity contribution >= 4 is 16.8 Å². The van der Waals surface area contributed by atoms with Gasteiger partial charge in [0.1, 0.15) is 11.3 Å². The van der Waals surface area contributed by atoms with Gasteiger partial charge in [0.25, 0.3) is 5.91 Å². The van der Waals surface area contributed by atoms with Crippen LogP contribution >= 0.6 is 0 Å². The fourth-order valence-corrected chi connectivity index (χ4v) is 4.04. The lowest BCUT2D eigenvalue weighted by Crippen LogP contribution is -2.58. The van der Waals surface area contributed by atoms with Crippen LogP contribution in [0.3, 0.4) is 0 Å². The zero-order valence-electron chi connectivity index (χ0n) is 15.2. The summed E-state index contributed by atoms with van der Waals surface area (Å²) in [6.07, 6.45) is 2.58. The Morgan fingerprint density at radius 3 is 2.85 bits per heavy atom. The van der Waals surface area contributed by atoms with Gasteiger partial charge in [-0.2, -0.15) is 5.10 Å². The van der Waals surface area contributed by atoms with Crippen molar-refractivity contribution in [1.29, 1.82) is 0 Å². The number of carbonyl (C=O) groups is 1. The fraction of sp³-hybridized carbons (Fsp3) is 0.579. The Bertz CT molecular complexity index is 806. The number of para-hydroxylation sites is 1. The molecule has 0 aliphatic carbocycles. The molecule has 26 heavy (non-hydrogen) atoms. The van der Waals surface area contributed by atoms with Gasteiger partial charge in [-0.1, -0.05) is 19.1 Å². The Labute approximate surface area is 152 Å². The molecule has 0 radical (unpaired) electrons. The van der Waals surface area contributed by atoms with E-state index in [0.29, 0.717) is 41.9 Å². The van der Waals surface area contributed by atoms with Crippen LogP contribution in [0.15, 0.2) is 18.2 Å². The van der Waals surface area contributed by atoms with E-state index in [0.717, 1.165) is 19.3 Å². The molecule has 7 heteroatoms. The van der Waals surface area contributed by atoms with Crippen molar-refractivity contribution in [3.05, 3.63) is 23.9 Å². The van der Waals surface area contributed by atoms with Crippen molar-refractivity contribution in [2.75, 3.05) is 13.2 Å². The van der Waals surface area contributed by atoms with Crippen LogP contribution in [0.5, 0.6) is 5.75 Å². The van der Waals surface area contributed by atoms with Gasteiger partial charge in [-0.3, -0.25) is 9.48 Å². The Balaban J connectivity index is 1.62. The van der Waals surface area contributed by atoms with Crippen LogP contribution in [0.2, 0.25) is 0 Å². The molecule has 3 atom stereocenters. The van der Waals surface area contributed by atoms with Gasteiger partial charge in [0.05, 0.1) is 13.2 Å². The first kappa shape index (κ1) is 17.3. The van der Waals surface area contributed by atoms with Gasteiger partial charge in [-0.05, 0) is 32.3 Å². The van der Waals surface area contributed by atoms with E-state index in [-0.39, 0.29) is 23.7 Å². The number of aromatic hydroxyl groups is 1. The monoisotopic (exact) mass is 358 g/mol. The van der Waals surface area contributed by atoms with Gasteiger partial charge < -0.3 is 20.5 Å². The predicted molar refractivity (Wildman–Crippen MR) is 98.4 cm³/mol. The largest absolute Gasteiger partial charge is 0.506 e. The predicted octanol–water partition coefficient (Wildman–Crippen LogP) is 1.96. The molecule has 3 heterocycles. The second-order valence-electron chi connectivity index (χ2n) is 7.46. The van der Waals surface area contributed by atoms with E-state index >= 15 is 0 Å². The Morgan fingerprint density at radius 2 is 2.15 bits per heavy atom. The van der Waals surface area contributed by atoms with Crippen LogP contribution in [0.25, 0.3) is 10.9 Å². The third-order valence-corrected chi connectivity index (χ3v) is 5.51. The number of hydrogen-bond acceptors (Lipinski definition) is 5. The molecule has 1 aromatic carbocycles. The summed E-state index contributed by atoms with van der Waals surface area (Å²) in [5, 5.41) is 22.2. The van der Waals surface area contributed by atoms with E-state index < -0.39 is 0 Å². The molecule has 3 N–H and O–H groups in total. The molecule has 140 valence electrons. The number of nitrogens with zero attached hydrogens (tertiary/aromatic N) is 2. The molecule has 2 bridgehead atoms. The molecule has 2 fully saturated rings. The second-order valence-corrected chi connectivity index (χ2v) is 7.46. The lowest BCUT2D eigenvalue weighted by molar-refractivity contribution is 0.0148. The van der Waals surface area contributed by atoms with Gasteiger partial charge in [0.2, 0.25) is 0 Å². The third-order valence-electron chi connectivity index (χ3n) is 5.51. The van der Waals surface area contributed by atoms with E-state index in [9.17, 15) is 9.90 Å². The number of morpholine rings is 1. The molecule has 7 nitrogen and oxygen atoms in total. The van der Waals surface area contributed by atoms with Crippen molar-refractivity contribution in [2.24, 2.45) is 0 Å². The number of piperidine rings is 1. The number of nitrogens with one attached hydrogen (secondary N) is 2. The summed E-state index contributed by atoms with van der Waals surface area (Å²) in [6, 6.07) is 6.05. The normalized spacial score (nSPS) is 26.6. The molecular weight excluding hydrogens is 332 g/mol. The Morgan fingerprint density at radius 1 is 1.42 bits per heavy atom. The molecule has 2 saturated heterocycles. The van der Waals surface area contributed by atoms with E-state index in [4.69, 9.17) is 4.74 Å². The number of phenolic OH excluding ortho intramolecular Hbond substituents is 1. The second kappa shape index (κ2) is 6.89. The van der Waals surface area contributed by atoms with Crippen molar-refractivity contribution in [3.63, 3.8) is 0 Å². The number of amides is 1. The molecule has 2 aromatic rings. The zero-order chi connectivity index (χ0) is 18.3. The van der Waals surface area contributed by atoms with Crippen LogP contribution in [-0.4, -0.2) is 52.1 Å². The van der Waals surface area contributed by atoms with Crippen LogP contribution < -0.4 is 10.6 Å². The average molecular weight is 358 g/mol. The standard InChI is InChI=1S/C19H26N4O3/c1-3-11(2)23-18-15(5-4-6-16(18)24)17(22-23)19(25)21-12-7-13-9-26-10-14(8-12)20-13/h4-6,11-14,20,24H,3,7-10H2,1-2H3,(H,21,25)/t11-,12?,13?,14?/m0/s1. The van der Waals surface area contributed by atoms with Crippen LogP contribution in [0.4, 0.5) is 0 Å². The maximum atomic E-state index is 13.0. The molecule has 0 saturated carbocycles. The molecule has 2 aliphatic rings. The van der Waals surface area contributed by atoms with Crippen molar-refractivity contribution in [3.8, 4) is 5.75 Å². The van der Waals surface area contributed by atoms with Crippen LogP contribution in [0.1, 0.15) is 49.6 Å². The fourth-order valence-electron chi connectivity index (χ4n) is 4.04. The number of carbonyl (C=O) groups excluding carboxylic acids is 1. The molecule has 4 rings (SSSR count). The summed E-state index contributed by atoms with van der Waals surface area (Å²) in [4.78, 5) is 13.0. The molecule has 2 aliphatic heterocycles. The number of aromatic nitrogens is 2. The van der Waals surface area contributed by atoms with E-state index in [1.807, 2.05) is 13.0 Å². The SMILES string of the molecule is CC[C@H](C)n1nc(C(=O)NC2CC3COCC(C2)N3)c2cccc(O)c21. The molecular formula is C19H26N4O3. The summed E-state index contributed by atoms with van der Waals surface area (Å²) in [7, 11) is 0. The third kappa shape index (κ3) is 3.05. The lowest BCUT2D eigenvalue weighted by atomic mass is 9.92. The summed E-state index contributed by atoms with van der Waals surface area (Å²) < 4.78 is 7.34.